The summed E-state index contributed by atoms with van der Waals surface area (Å²) in [5, 5.41) is 4.65. The highest BCUT2D eigenvalue weighted by atomic mass is 16.5. The lowest BCUT2D eigenvalue weighted by molar-refractivity contribution is 0.242. The average molecular weight is 353 g/mol. The third kappa shape index (κ3) is 3.22. The van der Waals surface area contributed by atoms with Gasteiger partial charge in [-0.05, 0) is 32.0 Å². The van der Waals surface area contributed by atoms with Crippen LogP contribution in [0.1, 0.15) is 25.6 Å². The molecule has 4 rings (SSSR count). The summed E-state index contributed by atoms with van der Waals surface area (Å²) < 4.78 is 6.57. The summed E-state index contributed by atoms with van der Waals surface area (Å²) in [6.07, 6.45) is 3.26. The molecule has 7 nitrogen and oxygen atoms in total. The number of nitrogens with zero attached hydrogens (tertiary/aromatic N) is 5. The second kappa shape index (κ2) is 6.92. The topological polar surface area (TPSA) is 67.4 Å². The van der Waals surface area contributed by atoms with E-state index in [4.69, 9.17) is 4.52 Å². The molecule has 0 saturated carbocycles. The summed E-state index contributed by atoms with van der Waals surface area (Å²) in [5.41, 5.74) is 2.87. The Morgan fingerprint density at radius 1 is 1.15 bits per heavy atom. The third-order valence-electron chi connectivity index (χ3n) is 4.94. The zero-order valence-electron chi connectivity index (χ0n) is 15.1. The van der Waals surface area contributed by atoms with Gasteiger partial charge < -0.3 is 9.42 Å². The normalized spacial score (nSPS) is 15.9. The van der Waals surface area contributed by atoms with Crippen LogP contribution in [0.15, 0.2) is 46.2 Å². The van der Waals surface area contributed by atoms with E-state index in [0.29, 0.717) is 5.39 Å². The summed E-state index contributed by atoms with van der Waals surface area (Å²) in [6, 6.07) is 7.97. The van der Waals surface area contributed by atoms with Crippen molar-refractivity contribution in [2.24, 2.45) is 0 Å². The average Bonchev–Trinajstić information content (AvgIpc) is 3.15. The predicted octanol–water partition coefficient (Wildman–Crippen LogP) is 2.29. The van der Waals surface area contributed by atoms with Crippen LogP contribution >= 0.6 is 0 Å². The first-order chi connectivity index (χ1) is 12.6. The van der Waals surface area contributed by atoms with Crippen LogP contribution in [0.25, 0.3) is 10.9 Å². The van der Waals surface area contributed by atoms with Gasteiger partial charge in [-0.2, -0.15) is 0 Å². The summed E-state index contributed by atoms with van der Waals surface area (Å²) in [4.78, 5) is 21.7. The number of fused-ring (bicyclic) bond motifs is 1. The number of aromatic nitrogens is 3. The maximum Gasteiger partial charge on any atom is 0.261 e. The molecule has 0 atom stereocenters. The molecule has 0 radical (unpaired) electrons. The summed E-state index contributed by atoms with van der Waals surface area (Å²) >= 11 is 0. The molecular weight excluding hydrogens is 330 g/mol. The Hall–Kier alpha value is -2.67. The fourth-order valence-electron chi connectivity index (χ4n) is 3.40. The summed E-state index contributed by atoms with van der Waals surface area (Å²) in [7, 11) is 0. The van der Waals surface area contributed by atoms with Crippen LogP contribution in [0.3, 0.4) is 0 Å². The fourth-order valence-corrected chi connectivity index (χ4v) is 3.40. The molecular formula is C19H23N5O2. The predicted molar refractivity (Wildman–Crippen MR) is 100 cm³/mol. The van der Waals surface area contributed by atoms with Crippen molar-refractivity contribution in [2.75, 3.05) is 31.1 Å². The Labute approximate surface area is 151 Å². The van der Waals surface area contributed by atoms with Crippen LogP contribution in [-0.2, 0) is 6.54 Å². The zero-order valence-corrected chi connectivity index (χ0v) is 15.1. The largest absolute Gasteiger partial charge is 0.369 e. The van der Waals surface area contributed by atoms with Gasteiger partial charge in [-0.3, -0.25) is 14.3 Å². The van der Waals surface area contributed by atoms with E-state index >= 15 is 0 Å². The maximum absolute atomic E-state index is 12.5. The molecule has 0 bridgehead atoms. The van der Waals surface area contributed by atoms with Gasteiger partial charge in [-0.25, -0.2) is 4.98 Å². The quantitative estimate of drug-likeness (QED) is 0.717. The summed E-state index contributed by atoms with van der Waals surface area (Å²) in [5.74, 6) is 0. The second-order valence-corrected chi connectivity index (χ2v) is 7.01. The Morgan fingerprint density at radius 2 is 1.96 bits per heavy atom. The first-order valence-electron chi connectivity index (χ1n) is 8.99. The third-order valence-corrected chi connectivity index (χ3v) is 4.94. The molecule has 0 N–H and O–H groups in total. The lowest BCUT2D eigenvalue weighted by atomic mass is 10.2. The van der Waals surface area contributed by atoms with Gasteiger partial charge in [0.25, 0.3) is 5.56 Å². The molecule has 136 valence electrons. The molecule has 1 aromatic carbocycles. The van der Waals surface area contributed by atoms with Gasteiger partial charge in [0, 0.05) is 50.5 Å². The van der Waals surface area contributed by atoms with Crippen molar-refractivity contribution < 1.29 is 4.52 Å². The molecule has 3 heterocycles. The monoisotopic (exact) mass is 353 g/mol. The van der Waals surface area contributed by atoms with E-state index in [2.05, 4.69) is 19.9 Å². The van der Waals surface area contributed by atoms with Gasteiger partial charge in [0.2, 0.25) is 0 Å². The molecule has 0 unspecified atom stereocenters. The SMILES string of the molecule is CC(C)n1cnc2cc(N3CCN(Cc4ccon4)CC3)ccc2c1=O. The smallest absolute Gasteiger partial charge is 0.261 e. The van der Waals surface area contributed by atoms with Crippen LogP contribution < -0.4 is 10.5 Å². The standard InChI is InChI=1S/C19H23N5O2/c1-14(2)24-13-20-18-11-16(3-4-17(18)19(24)25)23-8-6-22(7-9-23)12-15-5-10-26-21-15/h3-5,10-11,13-14H,6-9,12H2,1-2H3. The van der Waals surface area contributed by atoms with Crippen molar-refractivity contribution in [3.8, 4) is 0 Å². The molecule has 1 saturated heterocycles. The molecule has 1 aliphatic rings. The Bertz CT molecular complexity index is 940. The van der Waals surface area contributed by atoms with Gasteiger partial charge in [0.05, 0.1) is 22.9 Å². The first kappa shape index (κ1) is 16.8. The highest BCUT2D eigenvalue weighted by Crippen LogP contribution is 2.21. The fraction of sp³-hybridized carbons (Fsp3) is 0.421. The van der Waals surface area contributed by atoms with Crippen molar-refractivity contribution in [2.45, 2.75) is 26.4 Å². The molecule has 1 aliphatic heterocycles. The van der Waals surface area contributed by atoms with E-state index in [9.17, 15) is 4.79 Å². The Morgan fingerprint density at radius 3 is 2.65 bits per heavy atom. The van der Waals surface area contributed by atoms with Crippen LogP contribution in [0.4, 0.5) is 5.69 Å². The van der Waals surface area contributed by atoms with E-state index in [1.807, 2.05) is 38.1 Å². The lowest BCUT2D eigenvalue weighted by Gasteiger charge is -2.35. The van der Waals surface area contributed by atoms with E-state index in [1.54, 1.807) is 17.2 Å². The molecule has 7 heteroatoms. The maximum atomic E-state index is 12.5. The van der Waals surface area contributed by atoms with Crippen LogP contribution in [-0.4, -0.2) is 45.8 Å². The molecule has 3 aromatic rings. The Kier molecular flexibility index (Phi) is 4.46. The van der Waals surface area contributed by atoms with Gasteiger partial charge >= 0.3 is 0 Å². The number of hydrogen-bond donors (Lipinski definition) is 0. The lowest BCUT2D eigenvalue weighted by Crippen LogP contribution is -2.46. The van der Waals surface area contributed by atoms with Gasteiger partial charge in [-0.15, -0.1) is 0 Å². The molecule has 0 amide bonds. The Balaban J connectivity index is 1.49. The minimum Gasteiger partial charge on any atom is -0.369 e. The number of piperazine rings is 1. The molecule has 26 heavy (non-hydrogen) atoms. The van der Waals surface area contributed by atoms with E-state index in [-0.39, 0.29) is 11.6 Å². The van der Waals surface area contributed by atoms with E-state index < -0.39 is 0 Å². The van der Waals surface area contributed by atoms with Crippen molar-refractivity contribution in [1.82, 2.24) is 19.6 Å². The van der Waals surface area contributed by atoms with Crippen LogP contribution in [0.5, 0.6) is 0 Å². The van der Waals surface area contributed by atoms with Crippen LogP contribution in [0, 0.1) is 0 Å². The van der Waals surface area contributed by atoms with Gasteiger partial charge in [-0.1, -0.05) is 5.16 Å². The highest BCUT2D eigenvalue weighted by molar-refractivity contribution is 5.81. The van der Waals surface area contributed by atoms with Crippen molar-refractivity contribution >= 4 is 16.6 Å². The molecule has 0 spiro atoms. The number of hydrogen-bond acceptors (Lipinski definition) is 6. The number of rotatable bonds is 4. The van der Waals surface area contributed by atoms with Gasteiger partial charge in [0.15, 0.2) is 0 Å². The summed E-state index contributed by atoms with van der Waals surface area (Å²) in [6.45, 7) is 8.60. The second-order valence-electron chi connectivity index (χ2n) is 7.01. The minimum absolute atomic E-state index is 0.0222. The molecule has 0 aliphatic carbocycles. The highest BCUT2D eigenvalue weighted by Gasteiger charge is 2.19. The number of anilines is 1. The van der Waals surface area contributed by atoms with E-state index in [1.165, 1.54) is 0 Å². The van der Waals surface area contributed by atoms with Crippen molar-refractivity contribution in [3.63, 3.8) is 0 Å². The van der Waals surface area contributed by atoms with Crippen molar-refractivity contribution in [3.05, 3.63) is 52.9 Å². The van der Waals surface area contributed by atoms with E-state index in [0.717, 1.165) is 49.6 Å². The van der Waals surface area contributed by atoms with Crippen molar-refractivity contribution in [1.29, 1.82) is 0 Å². The van der Waals surface area contributed by atoms with Crippen LogP contribution in [0.2, 0.25) is 0 Å². The first-order valence-corrected chi connectivity index (χ1v) is 8.99. The zero-order chi connectivity index (χ0) is 18.1. The van der Waals surface area contributed by atoms with Gasteiger partial charge in [0.1, 0.15) is 6.26 Å². The molecule has 2 aromatic heterocycles. The molecule has 1 fully saturated rings. The minimum atomic E-state index is 0.0222. The number of benzene rings is 1.